The van der Waals surface area contributed by atoms with Gasteiger partial charge in [-0.3, -0.25) is 4.79 Å². The molecule has 3 nitrogen and oxygen atoms in total. The summed E-state index contributed by atoms with van der Waals surface area (Å²) in [7, 11) is 0. The van der Waals surface area contributed by atoms with E-state index >= 15 is 0 Å². The summed E-state index contributed by atoms with van der Waals surface area (Å²) < 4.78 is 27.4. The molecule has 1 aromatic carbocycles. The Labute approximate surface area is 132 Å². The van der Waals surface area contributed by atoms with Crippen LogP contribution < -0.4 is 5.32 Å². The van der Waals surface area contributed by atoms with E-state index in [1.807, 2.05) is 0 Å². The number of halogens is 3. The standard InChI is InChI=1S/C14H11BrF2N2OS/c15-13-12(18-6-21-13)14(20)19-11-4-3-9(11)8-2-1-7(16)5-10(8)17/h1-2,5-6,9,11H,3-4H2,(H,19,20)/t9-,11-/m0/s1. The molecule has 1 fully saturated rings. The van der Waals surface area contributed by atoms with Gasteiger partial charge in [-0.15, -0.1) is 11.3 Å². The van der Waals surface area contributed by atoms with Gasteiger partial charge in [0.1, 0.15) is 15.4 Å². The number of aromatic nitrogens is 1. The summed E-state index contributed by atoms with van der Waals surface area (Å²) in [6.07, 6.45) is 1.54. The predicted octanol–water partition coefficient (Wildman–Crippen LogP) is 3.86. The Morgan fingerprint density at radius 3 is 2.76 bits per heavy atom. The normalized spacial score (nSPS) is 20.9. The average Bonchev–Trinajstić information content (AvgIpc) is 2.84. The Balaban J connectivity index is 1.73. The van der Waals surface area contributed by atoms with Crippen LogP contribution in [0.5, 0.6) is 0 Å². The molecule has 0 unspecified atom stereocenters. The first-order valence-electron chi connectivity index (χ1n) is 6.41. The van der Waals surface area contributed by atoms with Gasteiger partial charge >= 0.3 is 0 Å². The Kier molecular flexibility index (Phi) is 4.03. The molecule has 0 saturated heterocycles. The summed E-state index contributed by atoms with van der Waals surface area (Å²) in [4.78, 5) is 16.1. The van der Waals surface area contributed by atoms with Crippen molar-refractivity contribution in [2.75, 3.05) is 0 Å². The van der Waals surface area contributed by atoms with Gasteiger partial charge in [-0.1, -0.05) is 6.07 Å². The van der Waals surface area contributed by atoms with E-state index in [4.69, 9.17) is 0 Å². The number of nitrogens with one attached hydrogen (secondary N) is 1. The number of benzene rings is 1. The van der Waals surface area contributed by atoms with Crippen molar-refractivity contribution in [3.63, 3.8) is 0 Å². The van der Waals surface area contributed by atoms with E-state index in [0.717, 1.165) is 18.9 Å². The van der Waals surface area contributed by atoms with Crippen LogP contribution >= 0.6 is 27.3 Å². The molecule has 3 rings (SSSR count). The number of hydrogen-bond donors (Lipinski definition) is 1. The van der Waals surface area contributed by atoms with Crippen molar-refractivity contribution in [3.05, 3.63) is 50.4 Å². The first-order chi connectivity index (χ1) is 10.1. The molecule has 1 aliphatic rings. The summed E-state index contributed by atoms with van der Waals surface area (Å²) in [6.45, 7) is 0. The van der Waals surface area contributed by atoms with Gasteiger partial charge in [0.25, 0.3) is 5.91 Å². The lowest BCUT2D eigenvalue weighted by Crippen LogP contribution is -2.45. The fourth-order valence-corrected chi connectivity index (χ4v) is 3.50. The Hall–Kier alpha value is -1.34. The van der Waals surface area contributed by atoms with Gasteiger partial charge in [0.2, 0.25) is 0 Å². The largest absolute Gasteiger partial charge is 0.347 e. The van der Waals surface area contributed by atoms with E-state index in [2.05, 4.69) is 26.2 Å². The maximum atomic E-state index is 13.8. The molecule has 1 heterocycles. The summed E-state index contributed by atoms with van der Waals surface area (Å²) in [5, 5.41) is 2.86. The molecule has 2 atom stereocenters. The molecule has 0 radical (unpaired) electrons. The second-order valence-electron chi connectivity index (χ2n) is 4.90. The molecule has 1 aliphatic carbocycles. The molecule has 1 aromatic heterocycles. The SMILES string of the molecule is O=C(N[C@H]1CC[C@H]1c1ccc(F)cc1F)c1ncsc1Br. The minimum atomic E-state index is -0.595. The van der Waals surface area contributed by atoms with Crippen LogP contribution in [0.3, 0.4) is 0 Å². The van der Waals surface area contributed by atoms with E-state index in [1.165, 1.54) is 23.5 Å². The average molecular weight is 373 g/mol. The van der Waals surface area contributed by atoms with Crippen LogP contribution in [0, 0.1) is 11.6 Å². The highest BCUT2D eigenvalue weighted by Gasteiger charge is 2.35. The molecule has 1 saturated carbocycles. The molecular formula is C14H11BrF2N2OS. The third-order valence-electron chi connectivity index (χ3n) is 3.69. The molecule has 2 aromatic rings. The zero-order valence-electron chi connectivity index (χ0n) is 10.8. The molecule has 0 bridgehead atoms. The van der Waals surface area contributed by atoms with Crippen LogP contribution in [-0.2, 0) is 0 Å². The van der Waals surface area contributed by atoms with Gasteiger partial charge in [0, 0.05) is 18.0 Å². The van der Waals surface area contributed by atoms with Gasteiger partial charge in [0.05, 0.1) is 5.51 Å². The van der Waals surface area contributed by atoms with Gasteiger partial charge < -0.3 is 5.32 Å². The second kappa shape index (κ2) is 5.81. The summed E-state index contributed by atoms with van der Waals surface area (Å²) >= 11 is 4.60. The molecule has 21 heavy (non-hydrogen) atoms. The lowest BCUT2D eigenvalue weighted by Gasteiger charge is -2.37. The molecule has 1 N–H and O–H groups in total. The maximum Gasteiger partial charge on any atom is 0.272 e. The number of carbonyl (C=O) groups is 1. The fraction of sp³-hybridized carbons (Fsp3) is 0.286. The van der Waals surface area contributed by atoms with Crippen molar-refractivity contribution in [1.82, 2.24) is 10.3 Å². The van der Waals surface area contributed by atoms with Gasteiger partial charge in [-0.2, -0.15) is 0 Å². The van der Waals surface area contributed by atoms with Crippen molar-refractivity contribution in [1.29, 1.82) is 0 Å². The predicted molar refractivity (Wildman–Crippen MR) is 79.4 cm³/mol. The molecule has 0 aliphatic heterocycles. The zero-order valence-corrected chi connectivity index (χ0v) is 13.2. The van der Waals surface area contributed by atoms with Crippen molar-refractivity contribution < 1.29 is 13.6 Å². The monoisotopic (exact) mass is 372 g/mol. The van der Waals surface area contributed by atoms with E-state index in [-0.39, 0.29) is 17.9 Å². The van der Waals surface area contributed by atoms with Crippen molar-refractivity contribution in [2.24, 2.45) is 0 Å². The highest BCUT2D eigenvalue weighted by molar-refractivity contribution is 9.11. The molecule has 110 valence electrons. The topological polar surface area (TPSA) is 42.0 Å². The summed E-state index contributed by atoms with van der Waals surface area (Å²) in [5.74, 6) is -1.55. The molecule has 1 amide bonds. The number of hydrogen-bond acceptors (Lipinski definition) is 3. The van der Waals surface area contributed by atoms with Crippen LogP contribution in [0.25, 0.3) is 0 Å². The number of amides is 1. The smallest absolute Gasteiger partial charge is 0.272 e. The minimum absolute atomic E-state index is 0.119. The Morgan fingerprint density at radius 2 is 2.19 bits per heavy atom. The first-order valence-corrected chi connectivity index (χ1v) is 8.08. The van der Waals surface area contributed by atoms with Crippen molar-refractivity contribution in [3.8, 4) is 0 Å². The van der Waals surface area contributed by atoms with Crippen LogP contribution in [0.15, 0.2) is 27.5 Å². The Morgan fingerprint density at radius 1 is 1.38 bits per heavy atom. The third kappa shape index (κ3) is 2.85. The maximum absolute atomic E-state index is 13.8. The van der Waals surface area contributed by atoms with Gasteiger partial charge in [-0.05, 0) is 40.4 Å². The van der Waals surface area contributed by atoms with E-state index in [0.29, 0.717) is 15.0 Å². The second-order valence-corrected chi connectivity index (χ2v) is 7.08. The number of carbonyl (C=O) groups excluding carboxylic acids is 1. The van der Waals surface area contributed by atoms with Crippen LogP contribution in [0.2, 0.25) is 0 Å². The minimum Gasteiger partial charge on any atom is -0.347 e. The van der Waals surface area contributed by atoms with E-state index in [9.17, 15) is 13.6 Å². The third-order valence-corrected chi connectivity index (χ3v) is 5.24. The fourth-order valence-electron chi connectivity index (χ4n) is 2.46. The zero-order chi connectivity index (χ0) is 15.0. The summed E-state index contributed by atoms with van der Waals surface area (Å²) in [6, 6.07) is 3.42. The van der Waals surface area contributed by atoms with Crippen LogP contribution in [-0.4, -0.2) is 16.9 Å². The van der Waals surface area contributed by atoms with E-state index in [1.54, 1.807) is 5.51 Å². The molecular weight excluding hydrogens is 362 g/mol. The lowest BCUT2D eigenvalue weighted by molar-refractivity contribution is 0.0898. The first kappa shape index (κ1) is 14.6. The highest BCUT2D eigenvalue weighted by atomic mass is 79.9. The number of thiazole rings is 1. The van der Waals surface area contributed by atoms with Crippen molar-refractivity contribution >= 4 is 33.2 Å². The summed E-state index contributed by atoms with van der Waals surface area (Å²) in [5.41, 5.74) is 2.37. The quantitative estimate of drug-likeness (QED) is 0.888. The van der Waals surface area contributed by atoms with Gasteiger partial charge in [0.15, 0.2) is 5.69 Å². The number of nitrogens with zero attached hydrogens (tertiary/aromatic N) is 1. The number of rotatable bonds is 3. The van der Waals surface area contributed by atoms with Crippen molar-refractivity contribution in [2.45, 2.75) is 24.8 Å². The van der Waals surface area contributed by atoms with Gasteiger partial charge in [-0.25, -0.2) is 13.8 Å². The van der Waals surface area contributed by atoms with E-state index < -0.39 is 11.6 Å². The van der Waals surface area contributed by atoms with Crippen LogP contribution in [0.4, 0.5) is 8.78 Å². The highest BCUT2D eigenvalue weighted by Crippen LogP contribution is 2.38. The lowest BCUT2D eigenvalue weighted by atomic mass is 9.75. The Bertz CT molecular complexity index is 691. The molecule has 7 heteroatoms. The molecule has 0 spiro atoms. The van der Waals surface area contributed by atoms with Crippen LogP contribution in [0.1, 0.15) is 34.8 Å².